The summed E-state index contributed by atoms with van der Waals surface area (Å²) in [6.45, 7) is 6.82. The maximum Gasteiger partial charge on any atom is 0.223 e. The van der Waals surface area contributed by atoms with Crippen LogP contribution in [0, 0.1) is 12.8 Å². The lowest BCUT2D eigenvalue weighted by molar-refractivity contribution is 0.175. The summed E-state index contributed by atoms with van der Waals surface area (Å²) in [6, 6.07) is 20.8. The molecule has 7 heteroatoms. The summed E-state index contributed by atoms with van der Waals surface area (Å²) < 4.78 is 0. The molecule has 7 nitrogen and oxygen atoms in total. The van der Waals surface area contributed by atoms with Gasteiger partial charge in [0.1, 0.15) is 11.9 Å². The Bertz CT molecular complexity index is 1200. The van der Waals surface area contributed by atoms with Crippen LogP contribution in [0.4, 0.5) is 5.95 Å². The topological polar surface area (TPSA) is 91.8 Å². The van der Waals surface area contributed by atoms with E-state index in [2.05, 4.69) is 65.4 Å². The number of benzene rings is 2. The fourth-order valence-electron chi connectivity index (χ4n) is 4.75. The van der Waals surface area contributed by atoms with Crippen molar-refractivity contribution in [1.29, 1.82) is 0 Å². The highest BCUT2D eigenvalue weighted by Gasteiger charge is 2.32. The highest BCUT2D eigenvalue weighted by Crippen LogP contribution is 2.29. The smallest absolute Gasteiger partial charge is 0.223 e. The second kappa shape index (κ2) is 10.5. The molecule has 2 unspecified atom stereocenters. The van der Waals surface area contributed by atoms with Crippen LogP contribution in [-0.4, -0.2) is 52.2 Å². The lowest BCUT2D eigenvalue weighted by Crippen LogP contribution is -2.39. The molecule has 180 valence electrons. The Morgan fingerprint density at radius 1 is 0.971 bits per heavy atom. The molecule has 2 aliphatic heterocycles. The second-order valence-corrected chi connectivity index (χ2v) is 9.42. The number of hydrogen-bond acceptors (Lipinski definition) is 7. The van der Waals surface area contributed by atoms with E-state index >= 15 is 0 Å². The number of anilines is 1. The normalized spacial score (nSPS) is 19.8. The minimum absolute atomic E-state index is 0.0858. The predicted octanol–water partition coefficient (Wildman–Crippen LogP) is 4.20. The van der Waals surface area contributed by atoms with Gasteiger partial charge in [0.25, 0.3) is 0 Å². The average molecular weight is 468 g/mol. The third-order valence-corrected chi connectivity index (χ3v) is 6.93. The van der Waals surface area contributed by atoms with Crippen molar-refractivity contribution in [2.75, 3.05) is 25.1 Å². The molecular weight excluding hydrogens is 434 g/mol. The van der Waals surface area contributed by atoms with E-state index in [0.29, 0.717) is 18.5 Å². The zero-order valence-electron chi connectivity index (χ0n) is 20.4. The lowest BCUT2D eigenvalue weighted by atomic mass is 9.94. The van der Waals surface area contributed by atoms with Crippen LogP contribution in [0.25, 0.3) is 0 Å². The molecule has 1 fully saturated rings. The van der Waals surface area contributed by atoms with Crippen molar-refractivity contribution in [2.45, 2.75) is 38.9 Å². The second-order valence-electron chi connectivity index (χ2n) is 9.42. The number of nitrogens with two attached hydrogens (primary N) is 1. The molecule has 0 amide bonds. The van der Waals surface area contributed by atoms with Crippen LogP contribution in [-0.2, 0) is 0 Å². The summed E-state index contributed by atoms with van der Waals surface area (Å²) in [5.74, 6) is 0.998. The number of rotatable bonds is 7. The van der Waals surface area contributed by atoms with E-state index in [1.807, 2.05) is 24.3 Å². The van der Waals surface area contributed by atoms with Gasteiger partial charge in [-0.3, -0.25) is 14.9 Å². The first-order valence-electron chi connectivity index (χ1n) is 12.4. The zero-order chi connectivity index (χ0) is 24.2. The molecule has 3 N–H and O–H groups in total. The van der Waals surface area contributed by atoms with Gasteiger partial charge in [-0.2, -0.15) is 0 Å². The summed E-state index contributed by atoms with van der Waals surface area (Å²) in [6.07, 6.45) is 3.81. The van der Waals surface area contributed by atoms with Crippen molar-refractivity contribution in [1.82, 2.24) is 14.9 Å². The Hall–Kier alpha value is -3.42. The van der Waals surface area contributed by atoms with Crippen LogP contribution in [0.15, 0.2) is 76.8 Å². The first-order chi connectivity index (χ1) is 17.1. The van der Waals surface area contributed by atoms with Crippen LogP contribution in [0.3, 0.4) is 0 Å². The Morgan fingerprint density at radius 3 is 2.40 bits per heavy atom. The van der Waals surface area contributed by atoms with Crippen LogP contribution in [0.1, 0.15) is 48.2 Å². The summed E-state index contributed by atoms with van der Waals surface area (Å²) >= 11 is 0. The number of nitrogens with one attached hydrogen (secondary N) is 1. The SMILES string of the molecule is Cc1ccc(C2=NC(C3CCN(CN)CC3)N=C2c2ccnc(NC(C)c3ccccc3)n2)cc1. The molecule has 0 bridgehead atoms. The van der Waals surface area contributed by atoms with Crippen molar-refractivity contribution >= 4 is 17.4 Å². The van der Waals surface area contributed by atoms with Crippen LogP contribution >= 0.6 is 0 Å². The van der Waals surface area contributed by atoms with Gasteiger partial charge in [-0.05, 0) is 51.4 Å². The number of piperidine rings is 1. The maximum absolute atomic E-state index is 5.85. The van der Waals surface area contributed by atoms with Crippen molar-refractivity contribution < 1.29 is 0 Å². The van der Waals surface area contributed by atoms with Crippen LogP contribution in [0.5, 0.6) is 0 Å². The number of aliphatic imine (C=N–C) groups is 2. The van der Waals surface area contributed by atoms with E-state index in [4.69, 9.17) is 20.7 Å². The summed E-state index contributed by atoms with van der Waals surface area (Å²) in [5, 5.41) is 3.44. The standard InChI is InChI=1S/C28H33N7/c1-19-8-10-22(11-9-19)25-26(34-27(33-25)23-13-16-35(18-29)17-14-23)24-12-15-30-28(32-24)31-20(2)21-6-4-3-5-7-21/h3-12,15,20,23,27H,13-14,16-18,29H2,1-2H3,(H,30,31,32). The molecule has 3 heterocycles. The first-order valence-corrected chi connectivity index (χ1v) is 12.4. The van der Waals surface area contributed by atoms with E-state index in [9.17, 15) is 0 Å². The number of hydrogen-bond donors (Lipinski definition) is 2. The van der Waals surface area contributed by atoms with Crippen LogP contribution < -0.4 is 11.1 Å². The first kappa shape index (κ1) is 23.3. The quantitative estimate of drug-likeness (QED) is 0.543. The van der Waals surface area contributed by atoms with Crippen LogP contribution in [0.2, 0.25) is 0 Å². The highest BCUT2D eigenvalue weighted by molar-refractivity contribution is 6.54. The van der Waals surface area contributed by atoms with Gasteiger partial charge in [0.05, 0.1) is 17.4 Å². The van der Waals surface area contributed by atoms with E-state index in [0.717, 1.165) is 48.6 Å². The number of likely N-dealkylation sites (tertiary alicyclic amines) is 1. The summed E-state index contributed by atoms with van der Waals surface area (Å²) in [4.78, 5) is 21.9. The maximum atomic E-state index is 5.85. The molecule has 0 saturated carbocycles. The van der Waals surface area contributed by atoms with Gasteiger partial charge in [-0.15, -0.1) is 0 Å². The highest BCUT2D eigenvalue weighted by atomic mass is 15.2. The predicted molar refractivity (Wildman–Crippen MR) is 142 cm³/mol. The zero-order valence-corrected chi connectivity index (χ0v) is 20.4. The molecule has 35 heavy (non-hydrogen) atoms. The fourth-order valence-corrected chi connectivity index (χ4v) is 4.75. The van der Waals surface area contributed by atoms with Gasteiger partial charge >= 0.3 is 0 Å². The van der Waals surface area contributed by atoms with Gasteiger partial charge < -0.3 is 11.1 Å². The number of nitrogens with zero attached hydrogens (tertiary/aromatic N) is 5. The summed E-state index contributed by atoms with van der Waals surface area (Å²) in [7, 11) is 0. The van der Waals surface area contributed by atoms with Gasteiger partial charge in [-0.25, -0.2) is 9.97 Å². The Morgan fingerprint density at radius 2 is 1.69 bits per heavy atom. The molecule has 2 aromatic carbocycles. The molecule has 0 aliphatic carbocycles. The van der Waals surface area contributed by atoms with E-state index in [-0.39, 0.29) is 12.2 Å². The largest absolute Gasteiger partial charge is 0.348 e. The molecule has 1 saturated heterocycles. The minimum Gasteiger partial charge on any atom is -0.348 e. The molecule has 0 radical (unpaired) electrons. The van der Waals surface area contributed by atoms with E-state index in [1.54, 1.807) is 6.20 Å². The lowest BCUT2D eigenvalue weighted by Gasteiger charge is -2.31. The number of aromatic nitrogens is 2. The molecule has 1 aromatic heterocycles. The Balaban J connectivity index is 1.43. The minimum atomic E-state index is -0.0872. The Kier molecular flexibility index (Phi) is 6.97. The van der Waals surface area contributed by atoms with Gasteiger partial charge in [0.2, 0.25) is 5.95 Å². The Labute approximate surface area is 207 Å². The third kappa shape index (κ3) is 5.31. The molecule has 3 aromatic rings. The van der Waals surface area contributed by atoms with Gasteiger partial charge in [0, 0.05) is 24.3 Å². The monoisotopic (exact) mass is 467 g/mol. The van der Waals surface area contributed by atoms with E-state index in [1.165, 1.54) is 11.1 Å². The number of aryl methyl sites for hydroxylation is 1. The van der Waals surface area contributed by atoms with Crippen molar-refractivity contribution in [2.24, 2.45) is 21.6 Å². The molecule has 2 aliphatic rings. The molecule has 5 rings (SSSR count). The van der Waals surface area contributed by atoms with E-state index < -0.39 is 0 Å². The molecule has 0 spiro atoms. The van der Waals surface area contributed by atoms with Gasteiger partial charge in [0.15, 0.2) is 0 Å². The van der Waals surface area contributed by atoms with Crippen molar-refractivity contribution in [3.63, 3.8) is 0 Å². The molecular formula is C28H33N7. The molecule has 2 atom stereocenters. The average Bonchev–Trinajstić information content (AvgIpc) is 3.35. The van der Waals surface area contributed by atoms with Crippen molar-refractivity contribution in [3.8, 4) is 0 Å². The fraction of sp³-hybridized carbons (Fsp3) is 0.357. The van der Waals surface area contributed by atoms with Gasteiger partial charge in [-0.1, -0.05) is 60.2 Å². The third-order valence-electron chi connectivity index (χ3n) is 6.93. The van der Waals surface area contributed by atoms with Crippen molar-refractivity contribution in [3.05, 3.63) is 89.2 Å². The summed E-state index contributed by atoms with van der Waals surface area (Å²) in [5.41, 5.74) is 11.9.